The van der Waals surface area contributed by atoms with E-state index in [1.54, 1.807) is 17.0 Å². The second-order valence-electron chi connectivity index (χ2n) is 11.1. The number of Topliss-reactive ketones (excluding diaryl/α,β-unsaturated/α-hetero) is 1. The zero-order valence-corrected chi connectivity index (χ0v) is 20.9. The Balaban J connectivity index is 1.78. The van der Waals surface area contributed by atoms with Gasteiger partial charge in [-0.25, -0.2) is 4.79 Å². The molecule has 1 heterocycles. The van der Waals surface area contributed by atoms with Crippen molar-refractivity contribution in [3.63, 3.8) is 0 Å². The third kappa shape index (κ3) is 6.24. The Labute approximate surface area is 203 Å². The molecule has 3 rings (SSSR count). The number of amides is 3. The lowest BCUT2D eigenvalue weighted by Gasteiger charge is -2.36. The fourth-order valence-electron chi connectivity index (χ4n) is 5.24. The summed E-state index contributed by atoms with van der Waals surface area (Å²) in [5, 5.41) is 5.79. The van der Waals surface area contributed by atoms with E-state index < -0.39 is 29.6 Å². The largest absolute Gasteiger partial charge is 0.331 e. The SMILES string of the molecule is C[C@@H]1CC(C=O)N(C(=O)C(NC(=O)NC(C(=O)c2ccccc2)C2CCCCC2)C(C)(C)C)C1. The van der Waals surface area contributed by atoms with Crippen molar-refractivity contribution in [1.82, 2.24) is 15.5 Å². The number of nitrogens with zero attached hydrogens (tertiary/aromatic N) is 1. The molecule has 186 valence electrons. The number of hydrogen-bond acceptors (Lipinski definition) is 4. The first-order chi connectivity index (χ1) is 16.1. The smallest absolute Gasteiger partial charge is 0.316 e. The Morgan fingerprint density at radius 3 is 2.26 bits per heavy atom. The number of rotatable bonds is 7. The van der Waals surface area contributed by atoms with Gasteiger partial charge in [0.2, 0.25) is 5.91 Å². The van der Waals surface area contributed by atoms with E-state index in [4.69, 9.17) is 0 Å². The second-order valence-corrected chi connectivity index (χ2v) is 11.1. The van der Waals surface area contributed by atoms with Gasteiger partial charge in [-0.15, -0.1) is 0 Å². The van der Waals surface area contributed by atoms with Crippen molar-refractivity contribution in [2.45, 2.75) is 84.3 Å². The van der Waals surface area contributed by atoms with Gasteiger partial charge in [-0.3, -0.25) is 9.59 Å². The summed E-state index contributed by atoms with van der Waals surface area (Å²) in [6, 6.07) is 6.58. The van der Waals surface area contributed by atoms with E-state index in [-0.39, 0.29) is 23.5 Å². The summed E-state index contributed by atoms with van der Waals surface area (Å²) in [6.07, 6.45) is 6.44. The molecule has 0 bridgehead atoms. The standard InChI is InChI=1S/C27H39N3O4/c1-18-15-21(17-31)30(16-18)25(33)24(27(2,3)4)29-26(34)28-22(19-11-7-5-8-12-19)23(32)20-13-9-6-10-14-20/h6,9-10,13-14,17-19,21-22,24H,5,7-8,11-12,15-16H2,1-4H3,(H2,28,29,34)/t18-,21?,22?,24?/m1/s1. The Kier molecular flexibility index (Phi) is 8.50. The zero-order valence-electron chi connectivity index (χ0n) is 20.9. The third-order valence-corrected chi connectivity index (χ3v) is 7.13. The van der Waals surface area contributed by atoms with E-state index in [0.29, 0.717) is 18.5 Å². The maximum atomic E-state index is 13.4. The predicted molar refractivity (Wildman–Crippen MR) is 131 cm³/mol. The highest BCUT2D eigenvalue weighted by Gasteiger charge is 2.42. The van der Waals surface area contributed by atoms with E-state index in [9.17, 15) is 19.2 Å². The fraction of sp³-hybridized carbons (Fsp3) is 0.630. The molecule has 2 aliphatic rings. The molecule has 1 aromatic rings. The highest BCUT2D eigenvalue weighted by molar-refractivity contribution is 6.02. The molecule has 3 unspecified atom stereocenters. The fourth-order valence-corrected chi connectivity index (χ4v) is 5.24. The lowest BCUT2D eigenvalue weighted by molar-refractivity contribution is -0.138. The highest BCUT2D eigenvalue weighted by atomic mass is 16.2. The van der Waals surface area contributed by atoms with E-state index in [2.05, 4.69) is 10.6 Å². The van der Waals surface area contributed by atoms with Crippen molar-refractivity contribution in [2.24, 2.45) is 17.3 Å². The van der Waals surface area contributed by atoms with Crippen molar-refractivity contribution < 1.29 is 19.2 Å². The van der Waals surface area contributed by atoms with Crippen molar-refractivity contribution in [3.05, 3.63) is 35.9 Å². The topological polar surface area (TPSA) is 95.6 Å². The van der Waals surface area contributed by atoms with Gasteiger partial charge in [0.15, 0.2) is 5.78 Å². The second kappa shape index (κ2) is 11.2. The highest BCUT2D eigenvalue weighted by Crippen LogP contribution is 2.29. The molecular weight excluding hydrogens is 430 g/mol. The number of hydrogen-bond donors (Lipinski definition) is 2. The van der Waals surface area contributed by atoms with Crippen LogP contribution in [-0.2, 0) is 9.59 Å². The van der Waals surface area contributed by atoms with Crippen LogP contribution in [0.1, 0.15) is 76.6 Å². The van der Waals surface area contributed by atoms with E-state index in [0.717, 1.165) is 38.4 Å². The van der Waals surface area contributed by atoms with E-state index in [1.807, 2.05) is 45.9 Å². The summed E-state index contributed by atoms with van der Waals surface area (Å²) in [6.45, 7) is 8.17. The average Bonchev–Trinajstić information content (AvgIpc) is 3.21. The van der Waals surface area contributed by atoms with Gasteiger partial charge in [0.25, 0.3) is 0 Å². The Hall–Kier alpha value is -2.70. The van der Waals surface area contributed by atoms with Crippen LogP contribution in [0.5, 0.6) is 0 Å². The van der Waals surface area contributed by atoms with Crippen LogP contribution in [0.25, 0.3) is 0 Å². The van der Waals surface area contributed by atoms with Crippen molar-refractivity contribution in [2.75, 3.05) is 6.54 Å². The molecule has 0 radical (unpaired) electrons. The Morgan fingerprint density at radius 2 is 1.68 bits per heavy atom. The third-order valence-electron chi connectivity index (χ3n) is 7.13. The van der Waals surface area contributed by atoms with E-state index in [1.165, 1.54) is 0 Å². The summed E-state index contributed by atoms with van der Waals surface area (Å²) in [4.78, 5) is 53.2. The van der Waals surface area contributed by atoms with Gasteiger partial charge < -0.3 is 20.3 Å². The maximum Gasteiger partial charge on any atom is 0.316 e. The van der Waals surface area contributed by atoms with Crippen molar-refractivity contribution in [1.29, 1.82) is 0 Å². The monoisotopic (exact) mass is 469 g/mol. The summed E-state index contributed by atoms with van der Waals surface area (Å²) >= 11 is 0. The molecule has 7 nitrogen and oxygen atoms in total. The minimum atomic E-state index is -0.820. The van der Waals surface area contributed by atoms with Gasteiger partial charge in [-0.2, -0.15) is 0 Å². The van der Waals surface area contributed by atoms with Crippen LogP contribution in [0.3, 0.4) is 0 Å². The molecule has 0 spiro atoms. The summed E-state index contributed by atoms with van der Waals surface area (Å²) in [5.41, 5.74) is -0.000946. The quantitative estimate of drug-likeness (QED) is 0.467. The summed E-state index contributed by atoms with van der Waals surface area (Å²) in [7, 11) is 0. The molecule has 7 heteroatoms. The average molecular weight is 470 g/mol. The van der Waals surface area contributed by atoms with Crippen LogP contribution in [0, 0.1) is 17.3 Å². The molecule has 1 aliphatic heterocycles. The van der Waals surface area contributed by atoms with Gasteiger partial charge in [0.1, 0.15) is 12.3 Å². The Bertz CT molecular complexity index is 874. The number of likely N-dealkylation sites (tertiary alicyclic amines) is 1. The number of urea groups is 1. The zero-order chi connectivity index (χ0) is 24.9. The minimum absolute atomic E-state index is 0.0647. The van der Waals surface area contributed by atoms with Crippen LogP contribution in [-0.4, -0.2) is 53.6 Å². The lowest BCUT2D eigenvalue weighted by atomic mass is 9.81. The molecule has 1 saturated carbocycles. The van der Waals surface area contributed by atoms with Crippen LogP contribution in [0.4, 0.5) is 4.79 Å². The number of ketones is 1. The molecule has 34 heavy (non-hydrogen) atoms. The first kappa shape index (κ1) is 25.9. The first-order valence-electron chi connectivity index (χ1n) is 12.5. The van der Waals surface area contributed by atoms with Gasteiger partial charge >= 0.3 is 6.03 Å². The number of carbonyl (C=O) groups is 4. The molecule has 3 amide bonds. The van der Waals surface area contributed by atoms with Gasteiger partial charge in [0.05, 0.1) is 12.1 Å². The first-order valence-corrected chi connectivity index (χ1v) is 12.5. The molecule has 2 N–H and O–H groups in total. The molecule has 0 aromatic heterocycles. The summed E-state index contributed by atoms with van der Waals surface area (Å²) < 4.78 is 0. The molecule has 1 aliphatic carbocycles. The molecule has 4 atom stereocenters. The normalized spacial score (nSPS) is 23.1. The van der Waals surface area contributed by atoms with Crippen molar-refractivity contribution >= 4 is 24.0 Å². The molecule has 2 fully saturated rings. The van der Waals surface area contributed by atoms with Gasteiger partial charge in [-0.1, -0.05) is 77.3 Å². The van der Waals surface area contributed by atoms with Crippen LogP contribution < -0.4 is 10.6 Å². The van der Waals surface area contributed by atoms with Gasteiger partial charge in [0, 0.05) is 12.1 Å². The van der Waals surface area contributed by atoms with Gasteiger partial charge in [-0.05, 0) is 36.5 Å². The van der Waals surface area contributed by atoms with Crippen molar-refractivity contribution in [3.8, 4) is 0 Å². The molecule has 1 aromatic carbocycles. The number of carbonyl (C=O) groups excluding carboxylic acids is 4. The van der Waals surface area contributed by atoms with Crippen LogP contribution >= 0.6 is 0 Å². The number of nitrogens with one attached hydrogen (secondary N) is 2. The van der Waals surface area contributed by atoms with Crippen LogP contribution in [0.15, 0.2) is 30.3 Å². The van der Waals surface area contributed by atoms with Crippen LogP contribution in [0.2, 0.25) is 0 Å². The molecule has 1 saturated heterocycles. The minimum Gasteiger partial charge on any atom is -0.331 e. The summed E-state index contributed by atoms with van der Waals surface area (Å²) in [5.74, 6) is -0.0639. The van der Waals surface area contributed by atoms with E-state index >= 15 is 0 Å². The maximum absolute atomic E-state index is 13.4. The number of aldehydes is 1. The lowest BCUT2D eigenvalue weighted by Crippen LogP contribution is -2.60. The molecular formula is C27H39N3O4. The Morgan fingerprint density at radius 1 is 1.03 bits per heavy atom. The predicted octanol–water partition coefficient (Wildman–Crippen LogP) is 3.97. The number of benzene rings is 1.